The molecular formula is C18H19N7O2. The number of fused-ring (bicyclic) bond motifs is 2. The minimum Gasteiger partial charge on any atom is -0.486 e. The number of ether oxygens (including phenoxy) is 2. The number of anilines is 1. The molecule has 27 heavy (non-hydrogen) atoms. The van der Waals surface area contributed by atoms with Crippen LogP contribution in [-0.2, 0) is 12.8 Å². The molecule has 5 rings (SSSR count). The molecular weight excluding hydrogens is 346 g/mol. The molecule has 0 amide bonds. The maximum absolute atomic E-state index is 6.62. The van der Waals surface area contributed by atoms with E-state index in [1.807, 2.05) is 31.3 Å². The molecule has 3 aromatic rings. The van der Waals surface area contributed by atoms with Crippen molar-refractivity contribution in [2.24, 2.45) is 23.5 Å². The van der Waals surface area contributed by atoms with Crippen molar-refractivity contribution in [1.29, 1.82) is 0 Å². The minimum absolute atomic E-state index is 0.355. The van der Waals surface area contributed by atoms with Crippen LogP contribution in [0.4, 0.5) is 5.82 Å². The Kier molecular flexibility index (Phi) is 3.22. The lowest BCUT2D eigenvalue weighted by atomic mass is 9.99. The summed E-state index contributed by atoms with van der Waals surface area (Å²) >= 11 is 0. The number of aromatic nitrogens is 3. The van der Waals surface area contributed by atoms with Gasteiger partial charge in [0.25, 0.3) is 0 Å². The number of aromatic amines is 1. The van der Waals surface area contributed by atoms with E-state index in [0.717, 1.165) is 16.8 Å². The van der Waals surface area contributed by atoms with Crippen molar-refractivity contribution >= 4 is 11.7 Å². The number of aliphatic imine (C=N–C) groups is 1. The monoisotopic (exact) mass is 365 g/mol. The van der Waals surface area contributed by atoms with Gasteiger partial charge in [0.05, 0.1) is 16.8 Å². The highest BCUT2D eigenvalue weighted by Gasteiger charge is 2.38. The molecule has 9 heteroatoms. The third-order valence-electron chi connectivity index (χ3n) is 4.83. The van der Waals surface area contributed by atoms with Crippen LogP contribution in [-0.4, -0.2) is 33.8 Å². The van der Waals surface area contributed by atoms with E-state index in [0.29, 0.717) is 41.9 Å². The maximum atomic E-state index is 6.62. The Morgan fingerprint density at radius 3 is 2.70 bits per heavy atom. The number of aryl methyl sites for hydroxylation is 1. The fourth-order valence-electron chi connectivity index (χ4n) is 3.56. The second-order valence-corrected chi connectivity index (χ2v) is 6.51. The summed E-state index contributed by atoms with van der Waals surface area (Å²) in [6, 6.07) is 7.59. The summed E-state index contributed by atoms with van der Waals surface area (Å²) in [5, 5.41) is 7.46. The summed E-state index contributed by atoms with van der Waals surface area (Å²) in [6.45, 7) is 0.885. The molecule has 2 aromatic heterocycles. The van der Waals surface area contributed by atoms with Crippen molar-refractivity contribution in [2.75, 3.05) is 18.5 Å². The maximum Gasteiger partial charge on any atom is 0.216 e. The number of benzene rings is 1. The minimum atomic E-state index is -1.28. The Morgan fingerprint density at radius 1 is 1.11 bits per heavy atom. The SMILES string of the molecule is Cn1nccc1-c1ccc(C2(N)N=C(N)c3cc[nH]c3N2)c2c1OCCO2. The quantitative estimate of drug-likeness (QED) is 0.538. The van der Waals surface area contributed by atoms with Gasteiger partial charge >= 0.3 is 0 Å². The van der Waals surface area contributed by atoms with Gasteiger partial charge in [-0.3, -0.25) is 10.4 Å². The largest absolute Gasteiger partial charge is 0.486 e. The molecule has 0 radical (unpaired) electrons. The van der Waals surface area contributed by atoms with Crippen LogP contribution in [0.5, 0.6) is 11.5 Å². The van der Waals surface area contributed by atoms with Crippen molar-refractivity contribution in [1.82, 2.24) is 14.8 Å². The zero-order chi connectivity index (χ0) is 18.6. The van der Waals surface area contributed by atoms with Crippen molar-refractivity contribution in [3.8, 4) is 22.8 Å². The molecule has 138 valence electrons. The van der Waals surface area contributed by atoms with Gasteiger partial charge in [-0.25, -0.2) is 4.99 Å². The molecule has 0 aliphatic carbocycles. The number of rotatable bonds is 2. The second kappa shape index (κ2) is 5.52. The van der Waals surface area contributed by atoms with E-state index in [2.05, 4.69) is 20.4 Å². The predicted molar refractivity (Wildman–Crippen MR) is 101 cm³/mol. The molecule has 2 aliphatic rings. The van der Waals surface area contributed by atoms with Gasteiger partial charge in [0.2, 0.25) is 5.79 Å². The third kappa shape index (κ3) is 2.28. The van der Waals surface area contributed by atoms with Crippen LogP contribution in [0.2, 0.25) is 0 Å². The summed E-state index contributed by atoms with van der Waals surface area (Å²) in [4.78, 5) is 7.60. The van der Waals surface area contributed by atoms with Crippen LogP contribution in [0.1, 0.15) is 11.1 Å². The molecule has 9 nitrogen and oxygen atoms in total. The van der Waals surface area contributed by atoms with E-state index >= 15 is 0 Å². The van der Waals surface area contributed by atoms with E-state index in [1.54, 1.807) is 17.1 Å². The Balaban J connectivity index is 1.68. The molecule has 2 aliphatic heterocycles. The second-order valence-electron chi connectivity index (χ2n) is 6.51. The van der Waals surface area contributed by atoms with E-state index in [-0.39, 0.29) is 0 Å². The molecule has 4 heterocycles. The standard InChI is InChI=1S/C18H19N7O2/c1-25-13(5-7-22-25)10-2-3-12(15-14(10)26-8-9-27-15)18(20)23-16(19)11-4-6-21-17(11)24-18/h2-7,21,24H,8-9,20H2,1H3,(H2,19,23). The van der Waals surface area contributed by atoms with Crippen LogP contribution in [0.25, 0.3) is 11.3 Å². The number of nitrogens with two attached hydrogens (primary N) is 2. The van der Waals surface area contributed by atoms with Crippen LogP contribution in [0, 0.1) is 0 Å². The number of nitrogens with one attached hydrogen (secondary N) is 2. The topological polar surface area (TPSA) is 128 Å². The first-order valence-corrected chi connectivity index (χ1v) is 8.58. The van der Waals surface area contributed by atoms with Crippen LogP contribution in [0.15, 0.2) is 41.7 Å². The van der Waals surface area contributed by atoms with Gasteiger partial charge in [-0.1, -0.05) is 0 Å². The lowest BCUT2D eigenvalue weighted by molar-refractivity contribution is 0.168. The number of hydrogen-bond acceptors (Lipinski definition) is 7. The smallest absolute Gasteiger partial charge is 0.216 e. The van der Waals surface area contributed by atoms with Gasteiger partial charge in [0.15, 0.2) is 11.5 Å². The highest BCUT2D eigenvalue weighted by Crippen LogP contribution is 2.46. The van der Waals surface area contributed by atoms with E-state index in [1.165, 1.54) is 0 Å². The average Bonchev–Trinajstić information content (AvgIpc) is 3.29. The van der Waals surface area contributed by atoms with E-state index in [9.17, 15) is 0 Å². The molecule has 1 unspecified atom stereocenters. The fourth-order valence-corrected chi connectivity index (χ4v) is 3.56. The summed E-state index contributed by atoms with van der Waals surface area (Å²) in [6.07, 6.45) is 3.52. The molecule has 1 atom stereocenters. The number of nitrogens with zero attached hydrogens (tertiary/aromatic N) is 3. The number of hydrogen-bond donors (Lipinski definition) is 4. The van der Waals surface area contributed by atoms with E-state index < -0.39 is 5.79 Å². The van der Waals surface area contributed by atoms with Gasteiger partial charge in [-0.05, 0) is 24.3 Å². The summed E-state index contributed by atoms with van der Waals surface area (Å²) in [7, 11) is 1.88. The lowest BCUT2D eigenvalue weighted by Gasteiger charge is -2.34. The zero-order valence-electron chi connectivity index (χ0n) is 14.7. The Hall–Kier alpha value is -3.46. The first-order chi connectivity index (χ1) is 13.1. The Labute approximate surface area is 155 Å². The third-order valence-corrected chi connectivity index (χ3v) is 4.83. The zero-order valence-corrected chi connectivity index (χ0v) is 14.7. The lowest BCUT2D eigenvalue weighted by Crippen LogP contribution is -2.48. The normalized spacial score (nSPS) is 20.6. The molecule has 1 aromatic carbocycles. The van der Waals surface area contributed by atoms with Crippen LogP contribution < -0.4 is 26.3 Å². The molecule has 0 saturated carbocycles. The summed E-state index contributed by atoms with van der Waals surface area (Å²) in [5.41, 5.74) is 16.0. The first-order valence-electron chi connectivity index (χ1n) is 8.58. The highest BCUT2D eigenvalue weighted by molar-refractivity contribution is 6.03. The Morgan fingerprint density at radius 2 is 1.93 bits per heavy atom. The molecule has 6 N–H and O–H groups in total. The molecule has 0 saturated heterocycles. The van der Waals surface area contributed by atoms with Gasteiger partial charge in [-0.15, -0.1) is 0 Å². The average molecular weight is 365 g/mol. The Bertz CT molecular complexity index is 1070. The highest BCUT2D eigenvalue weighted by atomic mass is 16.6. The number of H-pyrrole nitrogens is 1. The molecule has 0 spiro atoms. The van der Waals surface area contributed by atoms with Gasteiger partial charge in [0.1, 0.15) is 24.9 Å². The fraction of sp³-hybridized carbons (Fsp3) is 0.222. The summed E-state index contributed by atoms with van der Waals surface area (Å²) < 4.78 is 13.7. The van der Waals surface area contributed by atoms with Crippen LogP contribution in [0.3, 0.4) is 0 Å². The van der Waals surface area contributed by atoms with Crippen molar-refractivity contribution < 1.29 is 9.47 Å². The van der Waals surface area contributed by atoms with Gasteiger partial charge in [0, 0.05) is 25.0 Å². The summed E-state index contributed by atoms with van der Waals surface area (Å²) in [5.74, 6) is 0.971. The van der Waals surface area contributed by atoms with Crippen molar-refractivity contribution in [3.05, 3.63) is 47.8 Å². The predicted octanol–water partition coefficient (Wildman–Crippen LogP) is 1.09. The van der Waals surface area contributed by atoms with Gasteiger partial charge < -0.3 is 25.5 Å². The van der Waals surface area contributed by atoms with Gasteiger partial charge in [-0.2, -0.15) is 5.10 Å². The first kappa shape index (κ1) is 15.8. The number of amidine groups is 1. The van der Waals surface area contributed by atoms with Crippen molar-refractivity contribution in [2.45, 2.75) is 5.79 Å². The van der Waals surface area contributed by atoms with Crippen LogP contribution >= 0.6 is 0 Å². The van der Waals surface area contributed by atoms with E-state index in [4.69, 9.17) is 20.9 Å². The van der Waals surface area contributed by atoms with Crippen molar-refractivity contribution in [3.63, 3.8) is 0 Å². The molecule has 0 fully saturated rings. The molecule has 0 bridgehead atoms.